The molecule has 4 nitrogen and oxygen atoms in total. The molecule has 1 aliphatic heterocycles. The Kier molecular flexibility index (Phi) is 1.90. The van der Waals surface area contributed by atoms with E-state index < -0.39 is 0 Å². The summed E-state index contributed by atoms with van der Waals surface area (Å²) in [5, 5.41) is 5.68. The molecule has 1 aromatic rings. The smallest absolute Gasteiger partial charge is 0.235 e. The van der Waals surface area contributed by atoms with Crippen molar-refractivity contribution in [3.05, 3.63) is 22.6 Å². The number of halogens is 1. The van der Waals surface area contributed by atoms with E-state index in [0.717, 1.165) is 0 Å². The summed E-state index contributed by atoms with van der Waals surface area (Å²) in [6.07, 6.45) is -0.177. The number of carbonyl (C=O) groups is 1. The Morgan fingerprint density at radius 2 is 2.42 bits per heavy atom. The van der Waals surface area contributed by atoms with Gasteiger partial charge in [0.1, 0.15) is 11.9 Å². The van der Waals surface area contributed by atoms with Crippen LogP contribution in [0.2, 0.25) is 0 Å². The summed E-state index contributed by atoms with van der Waals surface area (Å²) in [6.45, 7) is 0.350. The van der Waals surface area contributed by atoms with Crippen LogP contribution in [0.25, 0.3) is 0 Å². The van der Waals surface area contributed by atoms with E-state index in [0.29, 0.717) is 17.0 Å². The van der Waals surface area contributed by atoms with Crippen molar-refractivity contribution in [1.82, 2.24) is 10.6 Å². The molecule has 0 aliphatic carbocycles. The molecule has 1 saturated heterocycles. The lowest BCUT2D eigenvalue weighted by Gasteiger charge is -2.05. The Labute approximate surface area is 77.4 Å². The number of carbonyl (C=O) groups excluding carboxylic acids is 1. The quantitative estimate of drug-likeness (QED) is 0.750. The topological polar surface area (TPSA) is 54.3 Å². The third-order valence-electron chi connectivity index (χ3n) is 1.65. The fourth-order valence-corrected chi connectivity index (χ4v) is 1.43. The Balaban J connectivity index is 2.15. The molecular formula is C7H7BrN2O2. The lowest BCUT2D eigenvalue weighted by atomic mass is 10.4. The van der Waals surface area contributed by atoms with Crippen LogP contribution < -0.4 is 10.6 Å². The zero-order valence-electron chi connectivity index (χ0n) is 6.13. The number of furan rings is 1. The van der Waals surface area contributed by atoms with Crippen molar-refractivity contribution in [3.63, 3.8) is 0 Å². The summed E-state index contributed by atoms with van der Waals surface area (Å²) in [6, 6.07) is 3.61. The maximum Gasteiger partial charge on any atom is 0.235 e. The Bertz CT molecular complexity index is 310. The predicted octanol–water partition coefficient (Wildman–Crippen LogP) is 0.760. The zero-order valence-corrected chi connectivity index (χ0v) is 7.72. The van der Waals surface area contributed by atoms with Crippen LogP contribution in [0, 0.1) is 0 Å². The summed E-state index contributed by atoms with van der Waals surface area (Å²) in [4.78, 5) is 10.8. The molecule has 2 rings (SSSR count). The van der Waals surface area contributed by atoms with Crippen LogP contribution in [-0.4, -0.2) is 12.5 Å². The van der Waals surface area contributed by atoms with Gasteiger partial charge in [-0.25, -0.2) is 0 Å². The van der Waals surface area contributed by atoms with Crippen molar-refractivity contribution in [2.75, 3.05) is 6.54 Å². The van der Waals surface area contributed by atoms with E-state index in [1.807, 2.05) is 6.07 Å². The second-order valence-electron chi connectivity index (χ2n) is 2.52. The molecule has 1 unspecified atom stereocenters. The molecule has 1 amide bonds. The SMILES string of the molecule is O=C1CNC(c2ccc(Br)o2)N1. The Morgan fingerprint density at radius 1 is 1.58 bits per heavy atom. The third kappa shape index (κ3) is 1.37. The van der Waals surface area contributed by atoms with Crippen molar-refractivity contribution >= 4 is 21.8 Å². The molecular weight excluding hydrogens is 224 g/mol. The normalized spacial score (nSPS) is 22.8. The minimum Gasteiger partial charge on any atom is -0.451 e. The minimum atomic E-state index is -0.177. The first kappa shape index (κ1) is 7.82. The highest BCUT2D eigenvalue weighted by atomic mass is 79.9. The van der Waals surface area contributed by atoms with Crippen LogP contribution in [0.3, 0.4) is 0 Å². The number of nitrogens with one attached hydrogen (secondary N) is 2. The van der Waals surface area contributed by atoms with Gasteiger partial charge in [0.25, 0.3) is 0 Å². The van der Waals surface area contributed by atoms with Crippen LogP contribution in [-0.2, 0) is 4.79 Å². The van der Waals surface area contributed by atoms with Crippen molar-refractivity contribution < 1.29 is 9.21 Å². The summed E-state index contributed by atoms with van der Waals surface area (Å²) in [5.41, 5.74) is 0. The van der Waals surface area contributed by atoms with Crippen LogP contribution in [0.1, 0.15) is 11.9 Å². The van der Waals surface area contributed by atoms with E-state index in [4.69, 9.17) is 4.42 Å². The maximum absolute atomic E-state index is 10.8. The monoisotopic (exact) mass is 230 g/mol. The van der Waals surface area contributed by atoms with E-state index in [1.165, 1.54) is 0 Å². The van der Waals surface area contributed by atoms with Gasteiger partial charge >= 0.3 is 0 Å². The van der Waals surface area contributed by atoms with Crippen molar-refractivity contribution in [2.24, 2.45) is 0 Å². The second-order valence-corrected chi connectivity index (χ2v) is 3.30. The van der Waals surface area contributed by atoms with Gasteiger partial charge in [0.2, 0.25) is 5.91 Å². The van der Waals surface area contributed by atoms with Gasteiger partial charge in [-0.15, -0.1) is 0 Å². The molecule has 1 aliphatic rings. The fourth-order valence-electron chi connectivity index (χ4n) is 1.11. The fraction of sp³-hybridized carbons (Fsp3) is 0.286. The van der Waals surface area contributed by atoms with Gasteiger partial charge in [-0.3, -0.25) is 10.1 Å². The zero-order chi connectivity index (χ0) is 8.55. The van der Waals surface area contributed by atoms with Crippen LogP contribution in [0.15, 0.2) is 21.2 Å². The van der Waals surface area contributed by atoms with Gasteiger partial charge in [0.15, 0.2) is 4.67 Å². The van der Waals surface area contributed by atoms with Gasteiger partial charge in [0, 0.05) is 0 Å². The van der Waals surface area contributed by atoms with Gasteiger partial charge in [0.05, 0.1) is 6.54 Å². The van der Waals surface area contributed by atoms with Crippen molar-refractivity contribution in [1.29, 1.82) is 0 Å². The maximum atomic E-state index is 10.8. The number of amides is 1. The number of hydrogen-bond acceptors (Lipinski definition) is 3. The highest BCUT2D eigenvalue weighted by Gasteiger charge is 2.23. The van der Waals surface area contributed by atoms with Crippen molar-refractivity contribution in [2.45, 2.75) is 6.17 Å². The molecule has 0 aromatic carbocycles. The molecule has 5 heteroatoms. The van der Waals surface area contributed by atoms with Crippen LogP contribution in [0.5, 0.6) is 0 Å². The molecule has 12 heavy (non-hydrogen) atoms. The first-order valence-corrected chi connectivity index (χ1v) is 4.33. The van der Waals surface area contributed by atoms with E-state index in [9.17, 15) is 4.79 Å². The van der Waals surface area contributed by atoms with Gasteiger partial charge < -0.3 is 9.73 Å². The molecule has 64 valence electrons. The van der Waals surface area contributed by atoms with E-state index in [-0.39, 0.29) is 12.1 Å². The molecule has 1 aromatic heterocycles. The number of rotatable bonds is 1. The molecule has 0 radical (unpaired) electrons. The summed E-state index contributed by atoms with van der Waals surface area (Å²) < 4.78 is 5.92. The lowest BCUT2D eigenvalue weighted by molar-refractivity contribution is -0.118. The molecule has 0 saturated carbocycles. The third-order valence-corrected chi connectivity index (χ3v) is 2.08. The lowest BCUT2D eigenvalue weighted by Crippen LogP contribution is -2.21. The minimum absolute atomic E-state index is 0.00692. The molecule has 2 heterocycles. The predicted molar refractivity (Wildman–Crippen MR) is 45.3 cm³/mol. The average molecular weight is 231 g/mol. The average Bonchev–Trinajstić information content (AvgIpc) is 2.58. The summed E-state index contributed by atoms with van der Waals surface area (Å²) >= 11 is 3.19. The molecule has 2 N–H and O–H groups in total. The van der Waals surface area contributed by atoms with Gasteiger partial charge in [-0.2, -0.15) is 0 Å². The first-order valence-electron chi connectivity index (χ1n) is 3.54. The van der Waals surface area contributed by atoms with Gasteiger partial charge in [-0.1, -0.05) is 0 Å². The summed E-state index contributed by atoms with van der Waals surface area (Å²) in [5.74, 6) is 0.709. The number of hydrogen-bond donors (Lipinski definition) is 2. The van der Waals surface area contributed by atoms with E-state index in [1.54, 1.807) is 6.07 Å². The molecule has 1 atom stereocenters. The summed E-state index contributed by atoms with van der Waals surface area (Å²) in [7, 11) is 0. The Hall–Kier alpha value is -0.810. The van der Waals surface area contributed by atoms with Crippen molar-refractivity contribution in [3.8, 4) is 0 Å². The van der Waals surface area contributed by atoms with E-state index in [2.05, 4.69) is 26.6 Å². The second kappa shape index (κ2) is 2.91. The largest absolute Gasteiger partial charge is 0.451 e. The van der Waals surface area contributed by atoms with Crippen LogP contribution >= 0.6 is 15.9 Å². The highest BCUT2D eigenvalue weighted by Crippen LogP contribution is 2.19. The molecule has 0 bridgehead atoms. The standard InChI is InChI=1S/C7H7BrN2O2/c8-5-2-1-4(12-5)7-9-3-6(11)10-7/h1-2,7,9H,3H2,(H,10,11). The Morgan fingerprint density at radius 3 is 2.92 bits per heavy atom. The van der Waals surface area contributed by atoms with Crippen LogP contribution in [0.4, 0.5) is 0 Å². The molecule has 0 spiro atoms. The first-order chi connectivity index (χ1) is 5.75. The highest BCUT2D eigenvalue weighted by molar-refractivity contribution is 9.10. The van der Waals surface area contributed by atoms with E-state index >= 15 is 0 Å². The molecule has 1 fully saturated rings. The van der Waals surface area contributed by atoms with Gasteiger partial charge in [-0.05, 0) is 28.1 Å².